The summed E-state index contributed by atoms with van der Waals surface area (Å²) in [7, 11) is 0. The molecule has 2 nitrogen and oxygen atoms in total. The largest absolute Gasteiger partial charge is 0.295 e. The van der Waals surface area contributed by atoms with Crippen molar-refractivity contribution in [1.29, 1.82) is 0 Å². The average Bonchev–Trinajstić information content (AvgIpc) is 2.39. The molecule has 2 heteroatoms. The Kier molecular flexibility index (Phi) is 3.98. The van der Waals surface area contributed by atoms with E-state index in [1.165, 1.54) is 5.56 Å². The van der Waals surface area contributed by atoms with E-state index in [9.17, 15) is 4.79 Å². The van der Waals surface area contributed by atoms with Crippen molar-refractivity contribution in [3.63, 3.8) is 0 Å². The molecule has 0 saturated carbocycles. The fourth-order valence-electron chi connectivity index (χ4n) is 2.00. The molecule has 94 valence electrons. The van der Waals surface area contributed by atoms with E-state index in [0.717, 1.165) is 0 Å². The summed E-state index contributed by atoms with van der Waals surface area (Å²) in [4.78, 5) is 13.6. The highest BCUT2D eigenvalue weighted by Gasteiger charge is 2.14. The van der Waals surface area contributed by atoms with Crippen molar-refractivity contribution >= 4 is 5.91 Å². The van der Waals surface area contributed by atoms with Crippen LogP contribution in [0.4, 0.5) is 0 Å². The predicted octanol–water partition coefficient (Wildman–Crippen LogP) is 3.69. The number of rotatable bonds is 3. The summed E-state index contributed by atoms with van der Waals surface area (Å²) in [5.74, 6) is 0.824. The van der Waals surface area contributed by atoms with Crippen LogP contribution in [-0.4, -0.2) is 10.8 Å². The monoisotopic (exact) mass is 241 g/mol. The molecule has 0 saturated heterocycles. The Balaban J connectivity index is 2.01. The molecule has 0 aliphatic carbocycles. The third kappa shape index (κ3) is 3.10. The molecule has 0 unspecified atom stereocenters. The molecular weight excluding hydrogens is 222 g/mol. The van der Waals surface area contributed by atoms with Crippen LogP contribution in [0.25, 0.3) is 0 Å². The molecular formula is C16H19NO. The highest BCUT2D eigenvalue weighted by atomic mass is 16.2. The van der Waals surface area contributed by atoms with Gasteiger partial charge in [-0.3, -0.25) is 9.69 Å². The van der Waals surface area contributed by atoms with Gasteiger partial charge in [-0.1, -0.05) is 56.3 Å². The van der Waals surface area contributed by atoms with E-state index in [2.05, 4.69) is 38.1 Å². The molecule has 1 aromatic carbocycles. The molecule has 0 aromatic heterocycles. The van der Waals surface area contributed by atoms with E-state index in [1.54, 1.807) is 4.90 Å². The smallest absolute Gasteiger partial charge is 0.230 e. The van der Waals surface area contributed by atoms with E-state index in [4.69, 9.17) is 0 Å². The fourth-order valence-corrected chi connectivity index (χ4v) is 2.00. The number of allylic oxidation sites excluding steroid dienone is 2. The Bertz CT molecular complexity index is 445. The van der Waals surface area contributed by atoms with E-state index >= 15 is 0 Å². The van der Waals surface area contributed by atoms with Gasteiger partial charge in [0.05, 0.1) is 0 Å². The number of amides is 1. The minimum Gasteiger partial charge on any atom is -0.295 e. The SMILES string of the molecule is CC(C)CC(=O)N1C=CC(c2ccccc2)C=C1. The van der Waals surface area contributed by atoms with Crippen LogP contribution in [0.5, 0.6) is 0 Å². The van der Waals surface area contributed by atoms with Crippen LogP contribution in [0.15, 0.2) is 54.9 Å². The Labute approximate surface area is 109 Å². The van der Waals surface area contributed by atoms with Gasteiger partial charge in [-0.25, -0.2) is 0 Å². The minimum absolute atomic E-state index is 0.156. The molecule has 0 atom stereocenters. The maximum atomic E-state index is 11.9. The molecule has 0 radical (unpaired) electrons. The summed E-state index contributed by atoms with van der Waals surface area (Å²) in [5.41, 5.74) is 1.25. The number of carbonyl (C=O) groups excluding carboxylic acids is 1. The molecule has 1 heterocycles. The third-order valence-electron chi connectivity index (χ3n) is 2.96. The number of nitrogens with zero attached hydrogens (tertiary/aromatic N) is 1. The van der Waals surface area contributed by atoms with Gasteiger partial charge in [0.25, 0.3) is 0 Å². The predicted molar refractivity (Wildman–Crippen MR) is 73.8 cm³/mol. The Morgan fingerprint density at radius 3 is 2.33 bits per heavy atom. The number of hydrogen-bond acceptors (Lipinski definition) is 1. The van der Waals surface area contributed by atoms with Crippen LogP contribution in [-0.2, 0) is 4.79 Å². The second kappa shape index (κ2) is 5.67. The summed E-state index contributed by atoms with van der Waals surface area (Å²) in [5, 5.41) is 0. The summed E-state index contributed by atoms with van der Waals surface area (Å²) >= 11 is 0. The molecule has 18 heavy (non-hydrogen) atoms. The van der Waals surface area contributed by atoms with Gasteiger partial charge in [0.2, 0.25) is 5.91 Å². The van der Waals surface area contributed by atoms with Crippen LogP contribution in [0.1, 0.15) is 31.7 Å². The maximum absolute atomic E-state index is 11.9. The lowest BCUT2D eigenvalue weighted by molar-refractivity contribution is -0.127. The third-order valence-corrected chi connectivity index (χ3v) is 2.96. The van der Waals surface area contributed by atoms with E-state index in [1.807, 2.05) is 30.6 Å². The van der Waals surface area contributed by atoms with Crippen LogP contribution in [0, 0.1) is 5.92 Å². The Morgan fingerprint density at radius 1 is 1.17 bits per heavy atom. The van der Waals surface area contributed by atoms with Crippen LogP contribution < -0.4 is 0 Å². The molecule has 2 rings (SSSR count). The quantitative estimate of drug-likeness (QED) is 0.790. The summed E-state index contributed by atoms with van der Waals surface area (Å²) in [6.45, 7) is 4.12. The van der Waals surface area contributed by atoms with Crippen LogP contribution in [0.2, 0.25) is 0 Å². The van der Waals surface area contributed by atoms with E-state index < -0.39 is 0 Å². The first-order valence-electron chi connectivity index (χ1n) is 6.39. The zero-order chi connectivity index (χ0) is 13.0. The normalized spacial score (nSPS) is 15.4. The summed E-state index contributed by atoms with van der Waals surface area (Å²) < 4.78 is 0. The highest BCUT2D eigenvalue weighted by molar-refractivity contribution is 5.78. The van der Waals surface area contributed by atoms with Gasteiger partial charge in [0.1, 0.15) is 0 Å². The second-order valence-corrected chi connectivity index (χ2v) is 5.02. The van der Waals surface area contributed by atoms with Crippen LogP contribution >= 0.6 is 0 Å². The molecule has 0 N–H and O–H groups in total. The Hall–Kier alpha value is -1.83. The summed E-state index contributed by atoms with van der Waals surface area (Å²) in [6, 6.07) is 10.3. The van der Waals surface area contributed by atoms with Crippen molar-refractivity contribution in [3.8, 4) is 0 Å². The average molecular weight is 241 g/mol. The van der Waals surface area contributed by atoms with Gasteiger partial charge in [0.15, 0.2) is 0 Å². The highest BCUT2D eigenvalue weighted by Crippen LogP contribution is 2.22. The molecule has 1 aliphatic rings. The van der Waals surface area contributed by atoms with Gasteiger partial charge in [-0.15, -0.1) is 0 Å². The lowest BCUT2D eigenvalue weighted by Crippen LogP contribution is -2.23. The number of hydrogen-bond donors (Lipinski definition) is 0. The number of benzene rings is 1. The van der Waals surface area contributed by atoms with Crippen molar-refractivity contribution < 1.29 is 4.79 Å². The standard InChI is InChI=1S/C16H19NO/c1-13(2)12-16(18)17-10-8-15(9-11-17)14-6-4-3-5-7-14/h3-11,13,15H,12H2,1-2H3. The van der Waals surface area contributed by atoms with Gasteiger partial charge >= 0.3 is 0 Å². The molecule has 0 fully saturated rings. The first-order chi connectivity index (χ1) is 8.66. The maximum Gasteiger partial charge on any atom is 0.230 e. The second-order valence-electron chi connectivity index (χ2n) is 5.02. The zero-order valence-corrected chi connectivity index (χ0v) is 10.9. The van der Waals surface area contributed by atoms with Crippen molar-refractivity contribution in [2.75, 3.05) is 0 Å². The Morgan fingerprint density at radius 2 is 1.78 bits per heavy atom. The fraction of sp³-hybridized carbons (Fsp3) is 0.312. The zero-order valence-electron chi connectivity index (χ0n) is 10.9. The first kappa shape index (κ1) is 12.6. The minimum atomic E-state index is 0.156. The van der Waals surface area contributed by atoms with E-state index in [-0.39, 0.29) is 11.8 Å². The van der Waals surface area contributed by atoms with Gasteiger partial charge in [-0.2, -0.15) is 0 Å². The van der Waals surface area contributed by atoms with Gasteiger partial charge in [0, 0.05) is 24.7 Å². The lowest BCUT2D eigenvalue weighted by Gasteiger charge is -2.21. The number of carbonyl (C=O) groups is 1. The van der Waals surface area contributed by atoms with Crippen molar-refractivity contribution in [2.45, 2.75) is 26.2 Å². The van der Waals surface area contributed by atoms with Crippen molar-refractivity contribution in [2.24, 2.45) is 5.92 Å². The molecule has 1 amide bonds. The van der Waals surface area contributed by atoms with Crippen molar-refractivity contribution in [3.05, 3.63) is 60.4 Å². The summed E-state index contributed by atoms with van der Waals surface area (Å²) in [6.07, 6.45) is 8.47. The topological polar surface area (TPSA) is 20.3 Å². The first-order valence-corrected chi connectivity index (χ1v) is 6.39. The molecule has 0 bridgehead atoms. The molecule has 1 aromatic rings. The van der Waals surface area contributed by atoms with E-state index in [0.29, 0.717) is 12.3 Å². The van der Waals surface area contributed by atoms with Gasteiger partial charge in [-0.05, 0) is 11.5 Å². The lowest BCUT2D eigenvalue weighted by atomic mass is 9.97. The van der Waals surface area contributed by atoms with Crippen molar-refractivity contribution in [1.82, 2.24) is 4.90 Å². The molecule has 1 aliphatic heterocycles. The van der Waals surface area contributed by atoms with Crippen LogP contribution in [0.3, 0.4) is 0 Å². The molecule has 0 spiro atoms. The van der Waals surface area contributed by atoms with Gasteiger partial charge < -0.3 is 0 Å².